The van der Waals surface area contributed by atoms with E-state index in [9.17, 15) is 5.11 Å². The van der Waals surface area contributed by atoms with Crippen molar-refractivity contribution in [3.8, 4) is 22.8 Å². The van der Waals surface area contributed by atoms with Crippen LogP contribution in [0.1, 0.15) is 5.56 Å². The molecule has 2 aromatic carbocycles. The number of ether oxygens (including phenoxy) is 1. The molecule has 0 aliphatic carbocycles. The summed E-state index contributed by atoms with van der Waals surface area (Å²) in [7, 11) is 1.51. The third-order valence-electron chi connectivity index (χ3n) is 3.22. The van der Waals surface area contributed by atoms with Gasteiger partial charge < -0.3 is 9.84 Å². The van der Waals surface area contributed by atoms with Crippen LogP contribution in [0.2, 0.25) is 0 Å². The Morgan fingerprint density at radius 3 is 2.75 bits per heavy atom. The summed E-state index contributed by atoms with van der Waals surface area (Å²) in [5.74, 6) is 0.507. The van der Waals surface area contributed by atoms with E-state index in [1.54, 1.807) is 24.4 Å². The van der Waals surface area contributed by atoms with Crippen molar-refractivity contribution in [2.45, 2.75) is 0 Å². The summed E-state index contributed by atoms with van der Waals surface area (Å²) in [4.78, 5) is 4.50. The van der Waals surface area contributed by atoms with E-state index in [1.807, 2.05) is 29.6 Å². The minimum atomic E-state index is 0.0771. The molecule has 3 aromatic rings. The van der Waals surface area contributed by atoms with Crippen molar-refractivity contribution in [2.75, 3.05) is 12.5 Å². The Morgan fingerprint density at radius 2 is 2.04 bits per heavy atom. The summed E-state index contributed by atoms with van der Waals surface area (Å²) in [5.41, 5.74) is 5.60. The van der Waals surface area contributed by atoms with E-state index in [0.717, 1.165) is 21.3 Å². The molecule has 3 rings (SSSR count). The molecule has 0 saturated heterocycles. The number of anilines is 1. The fraction of sp³-hybridized carbons (Fsp3) is 0.0588. The minimum absolute atomic E-state index is 0.0771. The molecule has 0 aliphatic rings. The van der Waals surface area contributed by atoms with Crippen molar-refractivity contribution in [3.63, 3.8) is 0 Å². The van der Waals surface area contributed by atoms with Crippen molar-refractivity contribution in [3.05, 3.63) is 57.9 Å². The van der Waals surface area contributed by atoms with Gasteiger partial charge in [0.1, 0.15) is 0 Å². The Hall–Kier alpha value is -2.38. The van der Waals surface area contributed by atoms with Gasteiger partial charge in [0.2, 0.25) is 5.13 Å². The maximum absolute atomic E-state index is 9.74. The second kappa shape index (κ2) is 7.46. The Labute approximate surface area is 151 Å². The molecule has 0 bridgehead atoms. The molecule has 0 spiro atoms. The lowest BCUT2D eigenvalue weighted by molar-refractivity contribution is 0.373. The molecule has 0 fully saturated rings. The van der Waals surface area contributed by atoms with Gasteiger partial charge in [0.15, 0.2) is 11.5 Å². The first-order chi connectivity index (χ1) is 11.7. The first kappa shape index (κ1) is 16.5. The van der Waals surface area contributed by atoms with Crippen LogP contribution in [-0.4, -0.2) is 23.4 Å². The number of methoxy groups -OCH3 is 1. The quantitative estimate of drug-likeness (QED) is 0.477. The lowest BCUT2D eigenvalue weighted by atomic mass is 10.2. The van der Waals surface area contributed by atoms with E-state index in [-0.39, 0.29) is 5.75 Å². The standard InChI is InChI=1S/C17H14BrN3O2S/c1-23-16-7-2-11(8-15(16)22)9-19-21-17-20-14(10-24-17)12-3-5-13(18)6-4-12/h2-10,22H,1H3,(H,20,21)/b19-9-. The lowest BCUT2D eigenvalue weighted by Crippen LogP contribution is -1.91. The number of thiazole rings is 1. The molecule has 0 unspecified atom stereocenters. The number of halogens is 1. The molecule has 2 N–H and O–H groups in total. The first-order valence-corrected chi connectivity index (χ1v) is 8.70. The van der Waals surface area contributed by atoms with E-state index in [1.165, 1.54) is 18.4 Å². The fourth-order valence-electron chi connectivity index (χ4n) is 2.03. The monoisotopic (exact) mass is 403 g/mol. The van der Waals surface area contributed by atoms with Crippen molar-refractivity contribution >= 4 is 38.6 Å². The maximum Gasteiger partial charge on any atom is 0.203 e. The zero-order valence-electron chi connectivity index (χ0n) is 12.7. The van der Waals surface area contributed by atoms with E-state index < -0.39 is 0 Å². The lowest BCUT2D eigenvalue weighted by Gasteiger charge is -2.02. The normalized spacial score (nSPS) is 10.9. The van der Waals surface area contributed by atoms with Crippen LogP contribution in [-0.2, 0) is 0 Å². The molecule has 5 nitrogen and oxygen atoms in total. The fourth-order valence-corrected chi connectivity index (χ4v) is 2.96. The second-order valence-electron chi connectivity index (χ2n) is 4.85. The van der Waals surface area contributed by atoms with Crippen LogP contribution in [0, 0.1) is 0 Å². The molecule has 1 heterocycles. The highest BCUT2D eigenvalue weighted by atomic mass is 79.9. The largest absolute Gasteiger partial charge is 0.504 e. The number of aromatic hydroxyl groups is 1. The van der Waals surface area contributed by atoms with Gasteiger partial charge in [-0.15, -0.1) is 11.3 Å². The molecule has 122 valence electrons. The van der Waals surface area contributed by atoms with Gasteiger partial charge in [-0.05, 0) is 35.9 Å². The minimum Gasteiger partial charge on any atom is -0.504 e. The average Bonchev–Trinajstić information content (AvgIpc) is 3.04. The van der Waals surface area contributed by atoms with E-state index in [0.29, 0.717) is 10.9 Å². The highest BCUT2D eigenvalue weighted by molar-refractivity contribution is 9.10. The van der Waals surface area contributed by atoms with Crippen LogP contribution in [0.4, 0.5) is 5.13 Å². The maximum atomic E-state index is 9.74. The summed E-state index contributed by atoms with van der Waals surface area (Å²) in [6.07, 6.45) is 1.61. The van der Waals surface area contributed by atoms with Gasteiger partial charge >= 0.3 is 0 Å². The van der Waals surface area contributed by atoms with Crippen LogP contribution in [0.5, 0.6) is 11.5 Å². The molecule has 7 heteroatoms. The number of hydrazone groups is 1. The number of hydrogen-bond donors (Lipinski definition) is 2. The number of nitrogens with zero attached hydrogens (tertiary/aromatic N) is 2. The number of phenols is 1. The zero-order valence-corrected chi connectivity index (χ0v) is 15.1. The first-order valence-electron chi connectivity index (χ1n) is 7.03. The van der Waals surface area contributed by atoms with E-state index in [4.69, 9.17) is 4.74 Å². The summed E-state index contributed by atoms with van der Waals surface area (Å²) in [6.45, 7) is 0. The van der Waals surface area contributed by atoms with Gasteiger partial charge in [0.25, 0.3) is 0 Å². The van der Waals surface area contributed by atoms with Gasteiger partial charge in [0, 0.05) is 15.4 Å². The predicted octanol–water partition coefficient (Wildman–Crippen LogP) is 4.73. The van der Waals surface area contributed by atoms with Crippen LogP contribution in [0.3, 0.4) is 0 Å². The summed E-state index contributed by atoms with van der Waals surface area (Å²) in [5, 5.41) is 16.5. The third kappa shape index (κ3) is 3.93. The highest BCUT2D eigenvalue weighted by Crippen LogP contribution is 2.27. The number of phenolic OH excluding ortho intramolecular Hbond substituents is 1. The Balaban J connectivity index is 1.67. The number of aromatic nitrogens is 1. The van der Waals surface area contributed by atoms with Crippen molar-refractivity contribution in [1.82, 2.24) is 4.98 Å². The third-order valence-corrected chi connectivity index (χ3v) is 4.50. The molecule has 24 heavy (non-hydrogen) atoms. The number of nitrogens with one attached hydrogen (secondary N) is 1. The summed E-state index contributed by atoms with van der Waals surface area (Å²) in [6, 6.07) is 13.1. The molecule has 0 radical (unpaired) electrons. The topological polar surface area (TPSA) is 66.7 Å². The number of benzene rings is 2. The SMILES string of the molecule is COc1ccc(/C=N\Nc2nc(-c3ccc(Br)cc3)cs2)cc1O. The van der Waals surface area contributed by atoms with Gasteiger partial charge in [-0.1, -0.05) is 28.1 Å². The summed E-state index contributed by atoms with van der Waals surface area (Å²) < 4.78 is 6.04. The number of hydrogen-bond acceptors (Lipinski definition) is 6. The van der Waals surface area contributed by atoms with Gasteiger partial charge in [-0.25, -0.2) is 4.98 Å². The van der Waals surface area contributed by atoms with Crippen LogP contribution >= 0.6 is 27.3 Å². The number of rotatable bonds is 5. The zero-order chi connectivity index (χ0) is 16.9. The van der Waals surface area contributed by atoms with Crippen LogP contribution < -0.4 is 10.2 Å². The Morgan fingerprint density at radius 1 is 1.25 bits per heavy atom. The Bertz CT molecular complexity index is 863. The van der Waals surface area contributed by atoms with Crippen LogP contribution in [0.15, 0.2) is 57.4 Å². The van der Waals surface area contributed by atoms with Crippen molar-refractivity contribution in [2.24, 2.45) is 5.10 Å². The molecule has 0 aliphatic heterocycles. The smallest absolute Gasteiger partial charge is 0.203 e. The summed E-state index contributed by atoms with van der Waals surface area (Å²) >= 11 is 4.89. The molecule has 0 saturated carbocycles. The van der Waals surface area contributed by atoms with E-state index >= 15 is 0 Å². The van der Waals surface area contributed by atoms with Gasteiger partial charge in [0.05, 0.1) is 19.0 Å². The Kier molecular flexibility index (Phi) is 5.12. The molecular formula is C17H14BrN3O2S. The van der Waals surface area contributed by atoms with E-state index in [2.05, 4.69) is 31.4 Å². The van der Waals surface area contributed by atoms with Crippen molar-refractivity contribution < 1.29 is 9.84 Å². The highest BCUT2D eigenvalue weighted by Gasteiger charge is 2.04. The molecule has 1 aromatic heterocycles. The second-order valence-corrected chi connectivity index (χ2v) is 6.62. The molecule has 0 atom stereocenters. The average molecular weight is 404 g/mol. The van der Waals surface area contributed by atoms with Gasteiger partial charge in [-0.3, -0.25) is 5.43 Å². The molecular weight excluding hydrogens is 390 g/mol. The van der Waals surface area contributed by atoms with Crippen molar-refractivity contribution in [1.29, 1.82) is 0 Å². The van der Waals surface area contributed by atoms with Crippen LogP contribution in [0.25, 0.3) is 11.3 Å². The predicted molar refractivity (Wildman–Crippen MR) is 101 cm³/mol. The molecule has 0 amide bonds. The van der Waals surface area contributed by atoms with Gasteiger partial charge in [-0.2, -0.15) is 5.10 Å².